The first kappa shape index (κ1) is 10.8. The van der Waals surface area contributed by atoms with Crippen molar-refractivity contribution in [3.8, 4) is 11.8 Å². The first-order chi connectivity index (χ1) is 7.79. The average Bonchev–Trinajstić information content (AvgIpc) is 2.81. The van der Waals surface area contributed by atoms with Crippen LogP contribution in [0.15, 0.2) is 29.6 Å². The molecule has 0 saturated heterocycles. The number of anilines is 1. The molecule has 0 aliphatic carbocycles. The van der Waals surface area contributed by atoms with Crippen LogP contribution < -0.4 is 15.2 Å². The third kappa shape index (κ3) is 2.43. The molecule has 0 aliphatic heterocycles. The summed E-state index contributed by atoms with van der Waals surface area (Å²) < 4.78 is 10.5. The molecular weight excluding hydrogens is 224 g/mol. The van der Waals surface area contributed by atoms with Gasteiger partial charge in [-0.15, -0.1) is 11.3 Å². The van der Waals surface area contributed by atoms with Crippen molar-refractivity contribution in [2.45, 2.75) is 6.61 Å². The van der Waals surface area contributed by atoms with Crippen molar-refractivity contribution >= 4 is 17.0 Å². The molecule has 2 aromatic heterocycles. The maximum atomic E-state index is 5.65. The van der Waals surface area contributed by atoms with Crippen LogP contribution >= 0.6 is 11.3 Å². The van der Waals surface area contributed by atoms with Crippen LogP contribution in [0.3, 0.4) is 0 Å². The van der Waals surface area contributed by atoms with Gasteiger partial charge in [0.25, 0.3) is 0 Å². The zero-order valence-corrected chi connectivity index (χ0v) is 9.66. The smallest absolute Gasteiger partial charge is 0.240 e. The lowest BCUT2D eigenvalue weighted by Gasteiger charge is -2.07. The molecule has 0 aliphatic rings. The van der Waals surface area contributed by atoms with Crippen molar-refractivity contribution in [3.63, 3.8) is 0 Å². The zero-order chi connectivity index (χ0) is 11.4. The Labute approximate surface area is 97.6 Å². The molecule has 0 radical (unpaired) electrons. The third-order valence-electron chi connectivity index (χ3n) is 2.00. The van der Waals surface area contributed by atoms with Gasteiger partial charge in [0.15, 0.2) is 0 Å². The number of hydrogen-bond acceptors (Lipinski definition) is 5. The number of ether oxygens (including phenoxy) is 2. The highest BCUT2D eigenvalue weighted by molar-refractivity contribution is 7.09. The summed E-state index contributed by atoms with van der Waals surface area (Å²) in [5.74, 6) is 0.906. The van der Waals surface area contributed by atoms with Crippen molar-refractivity contribution in [2.24, 2.45) is 0 Å². The number of nitrogen functional groups attached to an aromatic ring is 1. The molecule has 0 aromatic carbocycles. The molecule has 0 saturated carbocycles. The Bertz CT molecular complexity index is 457. The minimum atomic E-state index is 0.392. The molecule has 84 valence electrons. The molecular formula is C11H12N2O2S. The summed E-state index contributed by atoms with van der Waals surface area (Å²) in [6.07, 6.45) is 0. The van der Waals surface area contributed by atoms with Gasteiger partial charge in [-0.2, -0.15) is 4.98 Å². The van der Waals surface area contributed by atoms with Gasteiger partial charge in [0.05, 0.1) is 12.8 Å². The predicted octanol–water partition coefficient (Wildman–Crippen LogP) is 2.31. The fraction of sp³-hybridized carbons (Fsp3) is 0.182. The van der Waals surface area contributed by atoms with Crippen LogP contribution in [-0.4, -0.2) is 12.1 Å². The standard InChI is InChI=1S/C11H12N2O2S/c1-14-11-9(12)4-5-10(13-11)15-7-8-3-2-6-16-8/h2-6H,7,12H2,1H3. The van der Waals surface area contributed by atoms with E-state index in [4.69, 9.17) is 15.2 Å². The second-order valence-electron chi connectivity index (χ2n) is 3.12. The summed E-state index contributed by atoms with van der Waals surface area (Å²) in [5.41, 5.74) is 6.16. The highest BCUT2D eigenvalue weighted by Gasteiger charge is 2.04. The molecule has 4 nitrogen and oxygen atoms in total. The summed E-state index contributed by atoms with van der Waals surface area (Å²) in [5, 5.41) is 2.01. The van der Waals surface area contributed by atoms with Crippen LogP contribution in [0, 0.1) is 0 Å². The Morgan fingerprint density at radius 3 is 2.94 bits per heavy atom. The van der Waals surface area contributed by atoms with E-state index in [1.807, 2.05) is 17.5 Å². The van der Waals surface area contributed by atoms with Crippen molar-refractivity contribution in [1.82, 2.24) is 4.98 Å². The molecule has 0 spiro atoms. The zero-order valence-electron chi connectivity index (χ0n) is 8.84. The molecule has 2 heterocycles. The number of pyridine rings is 1. The minimum absolute atomic E-state index is 0.392. The molecule has 0 fully saturated rings. The van der Waals surface area contributed by atoms with Gasteiger partial charge >= 0.3 is 0 Å². The van der Waals surface area contributed by atoms with E-state index < -0.39 is 0 Å². The highest BCUT2D eigenvalue weighted by atomic mass is 32.1. The monoisotopic (exact) mass is 236 g/mol. The van der Waals surface area contributed by atoms with Gasteiger partial charge in [0.2, 0.25) is 11.8 Å². The van der Waals surface area contributed by atoms with Gasteiger partial charge in [-0.1, -0.05) is 6.07 Å². The summed E-state index contributed by atoms with van der Waals surface area (Å²) in [7, 11) is 1.53. The summed E-state index contributed by atoms with van der Waals surface area (Å²) in [6, 6.07) is 7.45. The van der Waals surface area contributed by atoms with E-state index in [1.54, 1.807) is 23.5 Å². The molecule has 2 rings (SSSR count). The summed E-state index contributed by atoms with van der Waals surface area (Å²) >= 11 is 1.65. The fourth-order valence-electron chi connectivity index (χ4n) is 1.22. The largest absolute Gasteiger partial charge is 0.479 e. The van der Waals surface area contributed by atoms with E-state index >= 15 is 0 Å². The van der Waals surface area contributed by atoms with Crippen LogP contribution in [0.2, 0.25) is 0 Å². The first-order valence-electron chi connectivity index (χ1n) is 4.75. The third-order valence-corrected chi connectivity index (χ3v) is 2.85. The Morgan fingerprint density at radius 1 is 1.38 bits per heavy atom. The second-order valence-corrected chi connectivity index (χ2v) is 4.15. The number of methoxy groups -OCH3 is 1. The Balaban J connectivity index is 2.04. The van der Waals surface area contributed by atoms with Gasteiger partial charge in [0, 0.05) is 10.9 Å². The van der Waals surface area contributed by atoms with Crippen molar-refractivity contribution < 1.29 is 9.47 Å². The van der Waals surface area contributed by atoms with Crippen LogP contribution in [0.25, 0.3) is 0 Å². The average molecular weight is 236 g/mol. The number of thiophene rings is 1. The maximum absolute atomic E-state index is 5.65. The summed E-state index contributed by atoms with van der Waals surface area (Å²) in [4.78, 5) is 5.28. The van der Waals surface area contributed by atoms with Crippen LogP contribution in [0.1, 0.15) is 4.88 Å². The molecule has 0 atom stereocenters. The lowest BCUT2D eigenvalue weighted by Crippen LogP contribution is -1.99. The number of rotatable bonds is 4. The van der Waals surface area contributed by atoms with Crippen molar-refractivity contribution in [2.75, 3.05) is 12.8 Å². The van der Waals surface area contributed by atoms with Crippen molar-refractivity contribution in [1.29, 1.82) is 0 Å². The lowest BCUT2D eigenvalue weighted by molar-refractivity contribution is 0.290. The topological polar surface area (TPSA) is 57.4 Å². The number of aromatic nitrogens is 1. The molecule has 0 amide bonds. The molecule has 0 unspecified atom stereocenters. The SMILES string of the molecule is COc1nc(OCc2cccs2)ccc1N. The minimum Gasteiger partial charge on any atom is -0.479 e. The van der Waals surface area contributed by atoms with E-state index in [0.717, 1.165) is 4.88 Å². The van der Waals surface area contributed by atoms with Gasteiger partial charge in [-0.05, 0) is 17.5 Å². The van der Waals surface area contributed by atoms with E-state index in [9.17, 15) is 0 Å². The number of nitrogens with zero attached hydrogens (tertiary/aromatic N) is 1. The first-order valence-corrected chi connectivity index (χ1v) is 5.63. The van der Waals surface area contributed by atoms with Gasteiger partial charge in [0.1, 0.15) is 6.61 Å². The van der Waals surface area contributed by atoms with Crippen LogP contribution in [-0.2, 0) is 6.61 Å². The van der Waals surface area contributed by atoms with E-state index in [0.29, 0.717) is 24.1 Å². The number of hydrogen-bond donors (Lipinski definition) is 1. The van der Waals surface area contributed by atoms with Crippen LogP contribution in [0.4, 0.5) is 5.69 Å². The molecule has 2 aromatic rings. The summed E-state index contributed by atoms with van der Waals surface area (Å²) in [6.45, 7) is 0.512. The molecule has 5 heteroatoms. The van der Waals surface area contributed by atoms with Gasteiger partial charge in [-0.25, -0.2) is 0 Å². The predicted molar refractivity (Wildman–Crippen MR) is 63.9 cm³/mol. The number of nitrogens with two attached hydrogens (primary N) is 1. The van der Waals surface area contributed by atoms with Gasteiger partial charge < -0.3 is 15.2 Å². The normalized spacial score (nSPS) is 10.1. The van der Waals surface area contributed by atoms with E-state index in [2.05, 4.69) is 4.98 Å². The van der Waals surface area contributed by atoms with Crippen LogP contribution in [0.5, 0.6) is 11.8 Å². The molecule has 16 heavy (non-hydrogen) atoms. The lowest BCUT2D eigenvalue weighted by atomic mass is 10.4. The van der Waals surface area contributed by atoms with Gasteiger partial charge in [-0.3, -0.25) is 0 Å². The Morgan fingerprint density at radius 2 is 2.25 bits per heavy atom. The van der Waals surface area contributed by atoms with E-state index in [-0.39, 0.29) is 0 Å². The molecule has 0 bridgehead atoms. The Kier molecular flexibility index (Phi) is 3.26. The fourth-order valence-corrected chi connectivity index (χ4v) is 1.83. The highest BCUT2D eigenvalue weighted by Crippen LogP contribution is 2.22. The quantitative estimate of drug-likeness (QED) is 0.885. The maximum Gasteiger partial charge on any atom is 0.240 e. The van der Waals surface area contributed by atoms with Crippen molar-refractivity contribution in [3.05, 3.63) is 34.5 Å². The molecule has 2 N–H and O–H groups in total. The van der Waals surface area contributed by atoms with E-state index in [1.165, 1.54) is 7.11 Å². The second kappa shape index (κ2) is 4.85. The Hall–Kier alpha value is -1.75.